The second kappa shape index (κ2) is 9.39. The lowest BCUT2D eigenvalue weighted by Crippen LogP contribution is -2.19. The van der Waals surface area contributed by atoms with Gasteiger partial charge in [0.05, 0.1) is 0 Å². The van der Waals surface area contributed by atoms with Crippen LogP contribution in [0, 0.1) is 0 Å². The molecule has 22 heavy (non-hydrogen) atoms. The third-order valence-corrected chi connectivity index (χ3v) is 3.53. The lowest BCUT2D eigenvalue weighted by Gasteiger charge is -2.28. The van der Waals surface area contributed by atoms with Crippen LogP contribution in [0.5, 0.6) is 0 Å². The fourth-order valence-corrected chi connectivity index (χ4v) is 2.49. The predicted molar refractivity (Wildman–Crippen MR) is 90.9 cm³/mol. The Morgan fingerprint density at radius 2 is 1.00 bits per heavy atom. The minimum absolute atomic E-state index is 0.0740. The van der Waals surface area contributed by atoms with Gasteiger partial charge in [-0.2, -0.15) is 0 Å². The van der Waals surface area contributed by atoms with E-state index in [9.17, 15) is 0 Å². The molecule has 118 valence electrons. The van der Waals surface area contributed by atoms with Crippen LogP contribution in [-0.4, -0.2) is 13.2 Å². The second-order valence-electron chi connectivity index (χ2n) is 5.40. The van der Waals surface area contributed by atoms with Crippen molar-refractivity contribution in [2.24, 2.45) is 0 Å². The van der Waals surface area contributed by atoms with Crippen molar-refractivity contribution < 1.29 is 9.47 Å². The zero-order chi connectivity index (χ0) is 15.6. The van der Waals surface area contributed by atoms with E-state index in [1.54, 1.807) is 0 Å². The third-order valence-electron chi connectivity index (χ3n) is 3.53. The third kappa shape index (κ3) is 4.69. The Bertz CT molecular complexity index is 460. The molecular weight excluding hydrogens is 272 g/mol. The summed E-state index contributed by atoms with van der Waals surface area (Å²) in [6.07, 6.45) is 1.85. The van der Waals surface area contributed by atoms with Gasteiger partial charge in [-0.3, -0.25) is 0 Å². The highest BCUT2D eigenvalue weighted by Gasteiger charge is 2.26. The first-order valence-corrected chi connectivity index (χ1v) is 8.20. The van der Waals surface area contributed by atoms with E-state index < -0.39 is 0 Å². The first kappa shape index (κ1) is 16.7. The van der Waals surface area contributed by atoms with Crippen molar-refractivity contribution in [3.63, 3.8) is 0 Å². The Balaban J connectivity index is 2.30. The summed E-state index contributed by atoms with van der Waals surface area (Å²) in [7, 11) is 0. The van der Waals surface area contributed by atoms with Gasteiger partial charge in [0, 0.05) is 13.2 Å². The maximum atomic E-state index is 6.17. The molecule has 2 nitrogen and oxygen atoms in total. The first-order chi connectivity index (χ1) is 10.9. The number of ether oxygens (including phenoxy) is 2. The van der Waals surface area contributed by atoms with Crippen molar-refractivity contribution in [1.29, 1.82) is 0 Å². The molecule has 0 aliphatic carbocycles. The highest BCUT2D eigenvalue weighted by atomic mass is 16.5. The average Bonchev–Trinajstić information content (AvgIpc) is 2.59. The molecule has 2 aromatic rings. The summed E-state index contributed by atoms with van der Waals surface area (Å²) < 4.78 is 12.3. The van der Waals surface area contributed by atoms with E-state index in [0.717, 1.165) is 26.1 Å². The van der Waals surface area contributed by atoms with Crippen molar-refractivity contribution in [3.8, 4) is 0 Å². The van der Waals surface area contributed by atoms with E-state index in [4.69, 9.17) is 9.47 Å². The zero-order valence-electron chi connectivity index (χ0n) is 13.6. The quantitative estimate of drug-likeness (QED) is 0.623. The Morgan fingerprint density at radius 3 is 1.32 bits per heavy atom. The van der Waals surface area contributed by atoms with Crippen LogP contribution in [0.25, 0.3) is 0 Å². The van der Waals surface area contributed by atoms with Gasteiger partial charge in [0.1, 0.15) is 12.2 Å². The molecule has 2 rings (SSSR count). The van der Waals surface area contributed by atoms with Gasteiger partial charge in [0.25, 0.3) is 0 Å². The monoisotopic (exact) mass is 298 g/mol. The second-order valence-corrected chi connectivity index (χ2v) is 5.40. The van der Waals surface area contributed by atoms with Gasteiger partial charge in [-0.25, -0.2) is 0 Å². The topological polar surface area (TPSA) is 18.5 Å². The molecule has 2 aromatic carbocycles. The van der Waals surface area contributed by atoms with E-state index in [0.29, 0.717) is 0 Å². The lowest BCUT2D eigenvalue weighted by atomic mass is 9.98. The normalized spacial score (nSPS) is 13.7. The Morgan fingerprint density at radius 1 is 0.636 bits per heavy atom. The van der Waals surface area contributed by atoms with Gasteiger partial charge in [0.2, 0.25) is 0 Å². The fourth-order valence-electron chi connectivity index (χ4n) is 2.49. The highest BCUT2D eigenvalue weighted by Crippen LogP contribution is 2.35. The van der Waals surface area contributed by atoms with Crippen LogP contribution in [0.4, 0.5) is 0 Å². The first-order valence-electron chi connectivity index (χ1n) is 8.20. The molecule has 2 heteroatoms. The molecule has 0 spiro atoms. The van der Waals surface area contributed by atoms with E-state index in [2.05, 4.69) is 62.4 Å². The maximum absolute atomic E-state index is 6.17. The SMILES string of the molecule is CCCOC(c1ccccc1)C(OCCC)c1ccccc1. The van der Waals surface area contributed by atoms with Gasteiger partial charge in [-0.15, -0.1) is 0 Å². The van der Waals surface area contributed by atoms with Crippen LogP contribution in [-0.2, 0) is 9.47 Å². The summed E-state index contributed by atoms with van der Waals surface area (Å²) in [5.41, 5.74) is 2.34. The molecule has 0 saturated carbocycles. The Kier molecular flexibility index (Phi) is 7.14. The Labute approximate surface area is 134 Å². The standard InChI is InChI=1S/C20H26O2/c1-3-15-21-19(17-11-7-5-8-12-17)20(22-16-4-2)18-13-9-6-10-14-18/h5-14,19-20H,3-4,15-16H2,1-2H3. The predicted octanol–water partition coefficient (Wildman–Crippen LogP) is 5.32. The zero-order valence-corrected chi connectivity index (χ0v) is 13.6. The smallest absolute Gasteiger partial charge is 0.113 e. The van der Waals surface area contributed by atoms with Crippen LogP contribution in [0.15, 0.2) is 60.7 Å². The van der Waals surface area contributed by atoms with Crippen molar-refractivity contribution in [2.75, 3.05) is 13.2 Å². The summed E-state index contributed by atoms with van der Waals surface area (Å²) in [6, 6.07) is 20.8. The van der Waals surface area contributed by atoms with Crippen LogP contribution in [0.2, 0.25) is 0 Å². The average molecular weight is 298 g/mol. The fraction of sp³-hybridized carbons (Fsp3) is 0.400. The number of benzene rings is 2. The van der Waals surface area contributed by atoms with Gasteiger partial charge in [-0.1, -0.05) is 74.5 Å². The molecule has 0 heterocycles. The summed E-state index contributed by atoms with van der Waals surface area (Å²) in [4.78, 5) is 0. The minimum Gasteiger partial charge on any atom is -0.370 e. The van der Waals surface area contributed by atoms with Crippen LogP contribution >= 0.6 is 0 Å². The lowest BCUT2D eigenvalue weighted by molar-refractivity contribution is -0.0780. The summed E-state index contributed by atoms with van der Waals surface area (Å²) in [5.74, 6) is 0. The van der Waals surface area contributed by atoms with E-state index in [1.165, 1.54) is 11.1 Å². The van der Waals surface area contributed by atoms with Gasteiger partial charge in [0.15, 0.2) is 0 Å². The molecule has 2 unspecified atom stereocenters. The summed E-state index contributed by atoms with van der Waals surface area (Å²) in [6.45, 7) is 5.73. The molecule has 0 aromatic heterocycles. The highest BCUT2D eigenvalue weighted by molar-refractivity contribution is 5.25. The maximum Gasteiger partial charge on any atom is 0.113 e. The molecule has 0 bridgehead atoms. The van der Waals surface area contributed by atoms with Crippen molar-refractivity contribution in [3.05, 3.63) is 71.8 Å². The summed E-state index contributed by atoms with van der Waals surface area (Å²) in [5, 5.41) is 0. The minimum atomic E-state index is -0.0740. The van der Waals surface area contributed by atoms with Gasteiger partial charge >= 0.3 is 0 Å². The van der Waals surface area contributed by atoms with Gasteiger partial charge < -0.3 is 9.47 Å². The molecule has 0 amide bonds. The van der Waals surface area contributed by atoms with Crippen molar-refractivity contribution in [1.82, 2.24) is 0 Å². The molecule has 2 atom stereocenters. The van der Waals surface area contributed by atoms with Crippen molar-refractivity contribution >= 4 is 0 Å². The molecular formula is C20H26O2. The molecule has 0 aliphatic rings. The molecule has 0 fully saturated rings. The molecule has 0 saturated heterocycles. The summed E-state index contributed by atoms with van der Waals surface area (Å²) >= 11 is 0. The number of rotatable bonds is 9. The molecule has 0 N–H and O–H groups in total. The van der Waals surface area contributed by atoms with Crippen LogP contribution < -0.4 is 0 Å². The molecule has 0 aliphatic heterocycles. The van der Waals surface area contributed by atoms with Crippen LogP contribution in [0.3, 0.4) is 0 Å². The number of hydrogen-bond donors (Lipinski definition) is 0. The van der Waals surface area contributed by atoms with Crippen molar-refractivity contribution in [2.45, 2.75) is 38.9 Å². The number of hydrogen-bond acceptors (Lipinski definition) is 2. The Hall–Kier alpha value is -1.64. The van der Waals surface area contributed by atoms with Crippen LogP contribution in [0.1, 0.15) is 50.0 Å². The van der Waals surface area contributed by atoms with E-state index in [-0.39, 0.29) is 12.2 Å². The molecule has 0 radical (unpaired) electrons. The van der Waals surface area contributed by atoms with Gasteiger partial charge in [-0.05, 0) is 24.0 Å². The largest absolute Gasteiger partial charge is 0.370 e. The van der Waals surface area contributed by atoms with E-state index in [1.807, 2.05) is 12.1 Å². The van der Waals surface area contributed by atoms with E-state index >= 15 is 0 Å².